The minimum absolute atomic E-state index is 1.08. The van der Waals surface area contributed by atoms with Crippen molar-refractivity contribution in [3.05, 3.63) is 315 Å². The lowest BCUT2D eigenvalue weighted by Crippen LogP contribution is -2.74. The zero-order chi connectivity index (χ0) is 54.6. The number of hydrogen-bond acceptors (Lipinski definition) is 0. The third kappa shape index (κ3) is 7.11. The summed E-state index contributed by atoms with van der Waals surface area (Å²) in [7, 11) is -2.89. The summed E-state index contributed by atoms with van der Waals surface area (Å²) < 4.78 is 9.89. The highest BCUT2D eigenvalue weighted by atomic mass is 28.3. The average molecular weight is 1070 g/mol. The average Bonchev–Trinajstić information content (AvgIpc) is 4.42. The van der Waals surface area contributed by atoms with Gasteiger partial charge in [-0.15, -0.1) is 0 Å². The fraction of sp³-hybridized carbons (Fsp3) is 0. The van der Waals surface area contributed by atoms with E-state index in [1.807, 2.05) is 0 Å². The molecule has 5 heteroatoms. The lowest BCUT2D eigenvalue weighted by atomic mass is 10.0. The molecule has 0 aliphatic heterocycles. The van der Waals surface area contributed by atoms with Crippen molar-refractivity contribution < 1.29 is 0 Å². The maximum Gasteiger partial charge on any atom is 0.179 e. The van der Waals surface area contributed by atoms with Gasteiger partial charge in [0.2, 0.25) is 0 Å². The molecule has 388 valence electrons. The molecule has 0 saturated carbocycles. The van der Waals surface area contributed by atoms with E-state index < -0.39 is 8.07 Å². The molecule has 0 aliphatic carbocycles. The van der Waals surface area contributed by atoms with E-state index in [1.54, 1.807) is 0 Å². The maximum absolute atomic E-state index is 2.89. The van der Waals surface area contributed by atoms with Gasteiger partial charge in [0, 0.05) is 65.8 Å². The molecule has 0 aliphatic rings. The van der Waals surface area contributed by atoms with Crippen LogP contribution >= 0.6 is 0 Å². The van der Waals surface area contributed by atoms with Gasteiger partial charge in [-0.05, 0) is 117 Å². The molecule has 0 fully saturated rings. The number of benzene rings is 13. The second kappa shape index (κ2) is 18.7. The smallest absolute Gasteiger partial charge is 0.179 e. The molecule has 0 saturated heterocycles. The van der Waals surface area contributed by atoms with Gasteiger partial charge < -0.3 is 18.3 Å². The Kier molecular flexibility index (Phi) is 10.6. The first-order chi connectivity index (χ1) is 41.2. The SMILES string of the molecule is c1ccc([Si](c2ccccc2)(c2ccccc2)c2cccc(-c3cc(-n4c5ccccc5c5cc(-n6c7ccccc7c7ccccc76)ccc54)cc(-n4c5ccccc5c5ccc(-n6c7ccccc7c7ccccc76)cc54)c3)c2)cc1. The molecule has 0 N–H and O–H groups in total. The molecule has 4 aromatic heterocycles. The van der Waals surface area contributed by atoms with Gasteiger partial charge in [-0.25, -0.2) is 0 Å². The predicted molar refractivity (Wildman–Crippen MR) is 353 cm³/mol. The van der Waals surface area contributed by atoms with Crippen molar-refractivity contribution in [2.24, 2.45) is 0 Å². The molecule has 0 spiro atoms. The summed E-state index contributed by atoms with van der Waals surface area (Å²) in [5.41, 5.74) is 16.1. The summed E-state index contributed by atoms with van der Waals surface area (Å²) in [6.07, 6.45) is 0. The van der Waals surface area contributed by atoms with Crippen LogP contribution in [0.4, 0.5) is 0 Å². The highest BCUT2D eigenvalue weighted by Gasteiger charge is 2.41. The van der Waals surface area contributed by atoms with E-state index in [4.69, 9.17) is 0 Å². The number of hydrogen-bond donors (Lipinski definition) is 0. The molecule has 83 heavy (non-hydrogen) atoms. The topological polar surface area (TPSA) is 19.7 Å². The molecule has 0 bridgehead atoms. The summed E-state index contributed by atoms with van der Waals surface area (Å²) in [6, 6.07) is 118. The van der Waals surface area contributed by atoms with Gasteiger partial charge in [0.05, 0.1) is 44.1 Å². The van der Waals surface area contributed by atoms with Crippen LogP contribution in [0.15, 0.2) is 315 Å². The Balaban J connectivity index is 0.947. The Hall–Kier alpha value is -10.7. The van der Waals surface area contributed by atoms with Crippen molar-refractivity contribution in [1.29, 1.82) is 0 Å². The van der Waals surface area contributed by atoms with Crippen LogP contribution in [0, 0.1) is 0 Å². The summed E-state index contributed by atoms with van der Waals surface area (Å²) in [5, 5.41) is 15.2. The Morgan fingerprint density at radius 2 is 0.494 bits per heavy atom. The quantitative estimate of drug-likeness (QED) is 0.101. The second-order valence-electron chi connectivity index (χ2n) is 22.0. The number of rotatable bonds is 9. The Morgan fingerprint density at radius 3 is 0.940 bits per heavy atom. The predicted octanol–water partition coefficient (Wildman–Crippen LogP) is 17.1. The first-order valence-electron chi connectivity index (χ1n) is 28.7. The maximum atomic E-state index is 2.52. The van der Waals surface area contributed by atoms with Crippen molar-refractivity contribution in [3.63, 3.8) is 0 Å². The van der Waals surface area contributed by atoms with Gasteiger partial charge in [-0.3, -0.25) is 0 Å². The second-order valence-corrected chi connectivity index (χ2v) is 25.8. The highest BCUT2D eigenvalue weighted by molar-refractivity contribution is 7.19. The molecule has 17 aromatic rings. The standard InChI is InChI=1S/C78H52N4Si/c1-4-24-59(25-5-1)83(60-26-6-2-7-27-60,61-28-8-3-9-29-61)62-30-22-23-53(49-62)54-47-57(81-76-42-21-15-36-68(76)70-51-55(44-46-77(70)81)79-71-37-16-10-31-63(71)64-32-11-17-38-72(64)79)50-58(48-54)82-75-41-20-14-35-67(75)69-45-43-56(52-78(69)82)80-73-39-18-12-33-65(73)66-34-13-19-40-74(66)80/h1-52H. The van der Waals surface area contributed by atoms with Crippen LogP contribution < -0.4 is 20.7 Å². The fourth-order valence-corrected chi connectivity index (χ4v) is 19.0. The highest BCUT2D eigenvalue weighted by Crippen LogP contribution is 2.41. The summed E-state index contributed by atoms with van der Waals surface area (Å²) in [6.45, 7) is 0. The lowest BCUT2D eigenvalue weighted by molar-refractivity contribution is 1.13. The van der Waals surface area contributed by atoms with Crippen LogP contribution in [0.2, 0.25) is 0 Å². The van der Waals surface area contributed by atoms with E-state index in [0.29, 0.717) is 0 Å². The van der Waals surface area contributed by atoms with Gasteiger partial charge in [-0.2, -0.15) is 0 Å². The third-order valence-electron chi connectivity index (χ3n) is 17.7. The first-order valence-corrected chi connectivity index (χ1v) is 30.7. The van der Waals surface area contributed by atoms with E-state index in [2.05, 4.69) is 334 Å². The van der Waals surface area contributed by atoms with E-state index in [9.17, 15) is 0 Å². The minimum atomic E-state index is -2.89. The summed E-state index contributed by atoms with van der Waals surface area (Å²) >= 11 is 0. The zero-order valence-electron chi connectivity index (χ0n) is 45.3. The lowest BCUT2D eigenvalue weighted by Gasteiger charge is -2.34. The van der Waals surface area contributed by atoms with Gasteiger partial charge >= 0.3 is 0 Å². The third-order valence-corrected chi connectivity index (χ3v) is 22.4. The van der Waals surface area contributed by atoms with Gasteiger partial charge in [0.15, 0.2) is 8.07 Å². The van der Waals surface area contributed by atoms with Crippen LogP contribution in [0.5, 0.6) is 0 Å². The van der Waals surface area contributed by atoms with Crippen molar-refractivity contribution in [3.8, 4) is 33.9 Å². The fourth-order valence-electron chi connectivity index (χ4n) is 14.2. The molecular formula is C78H52N4Si. The molecule has 0 radical (unpaired) electrons. The number of nitrogens with zero attached hydrogens (tertiary/aromatic N) is 4. The van der Waals surface area contributed by atoms with Crippen LogP contribution in [0.25, 0.3) is 121 Å². The van der Waals surface area contributed by atoms with Gasteiger partial charge in [0.25, 0.3) is 0 Å². The molecule has 0 unspecified atom stereocenters. The Morgan fingerprint density at radius 1 is 0.169 bits per heavy atom. The van der Waals surface area contributed by atoms with Gasteiger partial charge in [0.1, 0.15) is 0 Å². The van der Waals surface area contributed by atoms with Crippen molar-refractivity contribution in [2.45, 2.75) is 0 Å². The largest absolute Gasteiger partial charge is 0.309 e. The summed E-state index contributed by atoms with van der Waals surface area (Å²) in [5.74, 6) is 0. The Bertz CT molecular complexity index is 5190. The van der Waals surface area contributed by atoms with Crippen LogP contribution in [0.3, 0.4) is 0 Å². The van der Waals surface area contributed by atoms with E-state index >= 15 is 0 Å². The number of aromatic nitrogens is 4. The van der Waals surface area contributed by atoms with Crippen molar-refractivity contribution in [2.75, 3.05) is 0 Å². The first kappa shape index (κ1) is 47.1. The number of fused-ring (bicyclic) bond motifs is 12. The Labute approximate surface area is 480 Å². The molecule has 13 aromatic carbocycles. The van der Waals surface area contributed by atoms with Crippen LogP contribution in [-0.2, 0) is 0 Å². The molecule has 17 rings (SSSR count). The van der Waals surface area contributed by atoms with E-state index in [-0.39, 0.29) is 0 Å². The van der Waals surface area contributed by atoms with E-state index in [1.165, 1.54) is 85.9 Å². The van der Waals surface area contributed by atoms with Gasteiger partial charge in [-0.1, -0.05) is 231 Å². The van der Waals surface area contributed by atoms with Crippen LogP contribution in [0.1, 0.15) is 0 Å². The monoisotopic (exact) mass is 1070 g/mol. The minimum Gasteiger partial charge on any atom is -0.309 e. The normalized spacial score (nSPS) is 12.1. The molecule has 4 heterocycles. The molecule has 4 nitrogen and oxygen atoms in total. The van der Waals surface area contributed by atoms with E-state index in [0.717, 1.165) is 55.9 Å². The number of para-hydroxylation sites is 6. The van der Waals surface area contributed by atoms with Crippen molar-refractivity contribution >= 4 is 116 Å². The molecular weight excluding hydrogens is 1020 g/mol. The summed E-state index contributed by atoms with van der Waals surface area (Å²) in [4.78, 5) is 0. The molecule has 0 amide bonds. The molecule has 0 atom stereocenters. The van der Waals surface area contributed by atoms with Crippen LogP contribution in [-0.4, -0.2) is 26.3 Å². The zero-order valence-corrected chi connectivity index (χ0v) is 46.3. The van der Waals surface area contributed by atoms with Crippen molar-refractivity contribution in [1.82, 2.24) is 18.3 Å².